The summed E-state index contributed by atoms with van der Waals surface area (Å²) in [4.78, 5) is 9.59. The second kappa shape index (κ2) is 5.17. The lowest BCUT2D eigenvalue weighted by Crippen LogP contribution is -1.84. The highest BCUT2D eigenvalue weighted by Crippen LogP contribution is 2.06. The number of benzene rings is 1. The van der Waals surface area contributed by atoms with Crippen LogP contribution in [0.5, 0.6) is 0 Å². The molecule has 0 saturated heterocycles. The largest absolute Gasteiger partial charge is 0.269 e. The fraction of sp³-hybridized carbons (Fsp3) is 0. The molecule has 1 aromatic carbocycles. The third-order valence-electron chi connectivity index (χ3n) is 0.967. The van der Waals surface area contributed by atoms with E-state index < -0.39 is 4.92 Å². The summed E-state index contributed by atoms with van der Waals surface area (Å²) in [7, 11) is 0. The van der Waals surface area contributed by atoms with Gasteiger partial charge in [0.2, 0.25) is 0 Å². The van der Waals surface area contributed by atoms with Crippen LogP contribution in [0.3, 0.4) is 0 Å². The van der Waals surface area contributed by atoms with Crippen molar-refractivity contribution in [3.8, 4) is 0 Å². The van der Waals surface area contributed by atoms with Crippen molar-refractivity contribution in [2.45, 2.75) is 0 Å². The number of para-hydroxylation sites is 1. The van der Waals surface area contributed by atoms with E-state index >= 15 is 0 Å². The van der Waals surface area contributed by atoms with Gasteiger partial charge in [0.15, 0.2) is 0 Å². The molecule has 3 heteroatoms. The van der Waals surface area contributed by atoms with Crippen LogP contribution in [0, 0.1) is 10.1 Å². The summed E-state index contributed by atoms with van der Waals surface area (Å²) in [5, 5.41) is 10.0. The summed E-state index contributed by atoms with van der Waals surface area (Å²) in [6.07, 6.45) is 0. The van der Waals surface area contributed by atoms with Crippen LogP contribution in [0.2, 0.25) is 0 Å². The van der Waals surface area contributed by atoms with Gasteiger partial charge in [0.05, 0.1) is 4.92 Å². The van der Waals surface area contributed by atoms with Gasteiger partial charge in [-0.15, -0.1) is 13.2 Å². The van der Waals surface area contributed by atoms with E-state index in [0.717, 1.165) is 0 Å². The average molecular weight is 151 g/mol. The molecule has 1 aromatic rings. The molecule has 11 heavy (non-hydrogen) atoms. The minimum atomic E-state index is -0.417. The molecule has 0 heterocycles. The second-order valence-corrected chi connectivity index (χ2v) is 1.59. The van der Waals surface area contributed by atoms with E-state index in [1.807, 2.05) is 0 Å². The molecular weight excluding hydrogens is 142 g/mol. The van der Waals surface area contributed by atoms with Crippen molar-refractivity contribution in [2.75, 3.05) is 0 Å². The third-order valence-corrected chi connectivity index (χ3v) is 0.967. The first-order chi connectivity index (χ1) is 5.30. The molecule has 0 N–H and O–H groups in total. The van der Waals surface area contributed by atoms with Crippen molar-refractivity contribution in [1.29, 1.82) is 0 Å². The van der Waals surface area contributed by atoms with E-state index in [4.69, 9.17) is 0 Å². The summed E-state index contributed by atoms with van der Waals surface area (Å²) >= 11 is 0. The number of nitro groups is 1. The maximum atomic E-state index is 10.0. The fourth-order valence-corrected chi connectivity index (χ4v) is 0.550. The zero-order valence-corrected chi connectivity index (χ0v) is 6.06. The normalized spacial score (nSPS) is 7.64. The predicted octanol–water partition coefficient (Wildman–Crippen LogP) is 2.40. The molecule has 58 valence electrons. The Bertz CT molecular complexity index is 221. The maximum absolute atomic E-state index is 10.0. The molecular formula is C8H9NO2. The molecule has 0 aromatic heterocycles. The molecule has 0 aliphatic heterocycles. The highest BCUT2D eigenvalue weighted by atomic mass is 16.6. The summed E-state index contributed by atoms with van der Waals surface area (Å²) in [5.41, 5.74) is 0.137. The summed E-state index contributed by atoms with van der Waals surface area (Å²) in [5.74, 6) is 0. The van der Waals surface area contributed by atoms with Gasteiger partial charge in [-0.1, -0.05) is 18.2 Å². The monoisotopic (exact) mass is 151 g/mol. The van der Waals surface area contributed by atoms with Crippen LogP contribution in [0.15, 0.2) is 43.5 Å². The highest BCUT2D eigenvalue weighted by molar-refractivity contribution is 5.27. The Morgan fingerprint density at radius 3 is 1.91 bits per heavy atom. The number of rotatable bonds is 1. The molecule has 1 rings (SSSR count). The summed E-state index contributed by atoms with van der Waals surface area (Å²) < 4.78 is 0. The van der Waals surface area contributed by atoms with Crippen molar-refractivity contribution < 1.29 is 4.92 Å². The molecule has 0 unspecified atom stereocenters. The zero-order valence-electron chi connectivity index (χ0n) is 6.06. The predicted molar refractivity (Wildman–Crippen MR) is 44.4 cm³/mol. The number of nitro benzene ring substituents is 1. The Balaban J connectivity index is 0.000000461. The van der Waals surface area contributed by atoms with E-state index in [0.29, 0.717) is 0 Å². The Kier molecular flexibility index (Phi) is 4.40. The lowest BCUT2D eigenvalue weighted by Gasteiger charge is -1.85. The van der Waals surface area contributed by atoms with Gasteiger partial charge < -0.3 is 0 Å². The SMILES string of the molecule is C=C.O=[N+]([O-])c1ccccc1. The van der Waals surface area contributed by atoms with Crippen molar-refractivity contribution in [1.82, 2.24) is 0 Å². The van der Waals surface area contributed by atoms with Gasteiger partial charge in [-0.25, -0.2) is 0 Å². The third kappa shape index (κ3) is 3.15. The van der Waals surface area contributed by atoms with Gasteiger partial charge in [0, 0.05) is 12.1 Å². The van der Waals surface area contributed by atoms with Crippen molar-refractivity contribution in [3.05, 3.63) is 53.6 Å². The van der Waals surface area contributed by atoms with Crippen molar-refractivity contribution in [2.24, 2.45) is 0 Å². The number of non-ortho nitro benzene ring substituents is 1. The van der Waals surface area contributed by atoms with Crippen LogP contribution in [0.25, 0.3) is 0 Å². The fourth-order valence-electron chi connectivity index (χ4n) is 0.550. The molecule has 0 aliphatic carbocycles. The zero-order chi connectivity index (χ0) is 8.69. The number of nitrogens with zero attached hydrogens (tertiary/aromatic N) is 1. The molecule has 0 fully saturated rings. The Morgan fingerprint density at radius 2 is 1.64 bits per heavy atom. The molecule has 0 saturated carbocycles. The van der Waals surface area contributed by atoms with Crippen LogP contribution in [0.4, 0.5) is 5.69 Å². The van der Waals surface area contributed by atoms with E-state index in [9.17, 15) is 10.1 Å². The number of hydrogen-bond donors (Lipinski definition) is 0. The van der Waals surface area contributed by atoms with Crippen LogP contribution in [-0.2, 0) is 0 Å². The minimum Gasteiger partial charge on any atom is -0.258 e. The molecule has 0 amide bonds. The van der Waals surface area contributed by atoms with Gasteiger partial charge in [-0.05, 0) is 0 Å². The first-order valence-corrected chi connectivity index (χ1v) is 3.00. The summed E-state index contributed by atoms with van der Waals surface area (Å²) in [6, 6.07) is 7.93. The van der Waals surface area contributed by atoms with Crippen LogP contribution in [-0.4, -0.2) is 4.92 Å². The summed E-state index contributed by atoms with van der Waals surface area (Å²) in [6.45, 7) is 6.00. The molecule has 0 atom stereocenters. The van der Waals surface area contributed by atoms with Gasteiger partial charge in [-0.2, -0.15) is 0 Å². The Hall–Kier alpha value is -1.64. The van der Waals surface area contributed by atoms with E-state index in [2.05, 4.69) is 13.2 Å². The molecule has 0 bridgehead atoms. The van der Waals surface area contributed by atoms with Crippen molar-refractivity contribution in [3.63, 3.8) is 0 Å². The lowest BCUT2D eigenvalue weighted by atomic mass is 10.3. The smallest absolute Gasteiger partial charge is 0.258 e. The first kappa shape index (κ1) is 9.36. The number of hydrogen-bond acceptors (Lipinski definition) is 2. The van der Waals surface area contributed by atoms with Crippen molar-refractivity contribution >= 4 is 5.69 Å². The second-order valence-electron chi connectivity index (χ2n) is 1.59. The Morgan fingerprint density at radius 1 is 1.18 bits per heavy atom. The Labute approximate surface area is 65.1 Å². The van der Waals surface area contributed by atoms with E-state index in [1.165, 1.54) is 12.1 Å². The van der Waals surface area contributed by atoms with Crippen LogP contribution < -0.4 is 0 Å². The molecule has 3 nitrogen and oxygen atoms in total. The lowest BCUT2D eigenvalue weighted by molar-refractivity contribution is -0.384. The molecule has 0 aliphatic rings. The van der Waals surface area contributed by atoms with Gasteiger partial charge in [0.25, 0.3) is 5.69 Å². The van der Waals surface area contributed by atoms with Gasteiger partial charge in [0.1, 0.15) is 0 Å². The quantitative estimate of drug-likeness (QED) is 0.351. The maximum Gasteiger partial charge on any atom is 0.269 e. The average Bonchev–Trinajstić information content (AvgIpc) is 2.10. The van der Waals surface area contributed by atoms with Crippen LogP contribution >= 0.6 is 0 Å². The van der Waals surface area contributed by atoms with Crippen LogP contribution in [0.1, 0.15) is 0 Å². The van der Waals surface area contributed by atoms with Gasteiger partial charge >= 0.3 is 0 Å². The van der Waals surface area contributed by atoms with E-state index in [1.54, 1.807) is 18.2 Å². The first-order valence-electron chi connectivity index (χ1n) is 3.00. The van der Waals surface area contributed by atoms with Gasteiger partial charge in [-0.3, -0.25) is 10.1 Å². The minimum absolute atomic E-state index is 0.137. The van der Waals surface area contributed by atoms with E-state index in [-0.39, 0.29) is 5.69 Å². The highest BCUT2D eigenvalue weighted by Gasteiger charge is 1.98. The molecule has 0 spiro atoms. The topological polar surface area (TPSA) is 43.1 Å². The standard InChI is InChI=1S/C6H5NO2.C2H4/c8-7(9)6-4-2-1-3-5-6;1-2/h1-5H;1-2H2. The molecule has 0 radical (unpaired) electrons.